The Balaban J connectivity index is 1.48. The van der Waals surface area contributed by atoms with Crippen LogP contribution in [0, 0.1) is 0 Å². The van der Waals surface area contributed by atoms with Crippen LogP contribution >= 0.6 is 23.5 Å². The molecule has 2 aromatic rings. The van der Waals surface area contributed by atoms with Gasteiger partial charge in [-0.05, 0) is 40.6 Å². The first kappa shape index (κ1) is 41.6. The van der Waals surface area contributed by atoms with Crippen molar-refractivity contribution in [2.75, 3.05) is 31.1 Å². The van der Waals surface area contributed by atoms with Crippen LogP contribution in [-0.4, -0.2) is 147 Å². The summed E-state index contributed by atoms with van der Waals surface area (Å²) in [7, 11) is 0. The normalized spacial score (nSPS) is 19.5. The Morgan fingerprint density at radius 2 is 1.75 bits per heavy atom. The van der Waals surface area contributed by atoms with Gasteiger partial charge in [0, 0.05) is 45.0 Å². The van der Waals surface area contributed by atoms with E-state index in [-0.39, 0.29) is 65.3 Å². The summed E-state index contributed by atoms with van der Waals surface area (Å²) < 4.78 is 11.2. The van der Waals surface area contributed by atoms with E-state index in [0.717, 1.165) is 59.1 Å². The first-order chi connectivity index (χ1) is 27.0. The number of esters is 2. The standard InChI is InChI=1S/C31H32N10O14S2/c1-4-38-7-8-39(25(49)24(38)48)29(53)33-21(16-5-6-18(54-14(2)43)19(9-16)55-15(3)44)23(47)34-31(32-13-42)27(52)41-22(26(50)51)17(11-56-28(31)41)12-57-30-35-36-37-40(30)10-20(45)46/h5-6,9,13,21,28H,4,7-8,10-12H2,1-3H3,(H,32,42)(H,33,53)(H,34,47)(H,45,46)(H,50,51)/t21?,28-,31+/m0/s1. The molecule has 5 N–H and O–H groups in total. The van der Waals surface area contributed by atoms with E-state index in [0.29, 0.717) is 4.90 Å². The second-order valence-electron chi connectivity index (χ2n) is 12.1. The highest BCUT2D eigenvalue weighted by atomic mass is 32.2. The smallest absolute Gasteiger partial charge is 0.352 e. The van der Waals surface area contributed by atoms with Crippen molar-refractivity contribution >= 4 is 83.5 Å². The topological polar surface area (TPSA) is 319 Å². The molecule has 0 spiro atoms. The lowest BCUT2D eigenvalue weighted by Crippen LogP contribution is -2.85. The number of amides is 7. The molecule has 0 bridgehead atoms. The maximum Gasteiger partial charge on any atom is 0.352 e. The van der Waals surface area contributed by atoms with Crippen LogP contribution in [0.5, 0.6) is 11.5 Å². The number of carbonyl (C=O) groups is 10. The van der Waals surface area contributed by atoms with Crippen molar-refractivity contribution in [1.29, 1.82) is 0 Å². The number of nitrogens with one attached hydrogen (secondary N) is 3. The molecule has 24 nitrogen and oxygen atoms in total. The van der Waals surface area contributed by atoms with Crippen LogP contribution in [0.3, 0.4) is 0 Å². The number of urea groups is 1. The average Bonchev–Trinajstić information content (AvgIpc) is 3.59. The second kappa shape index (κ2) is 17.1. The van der Waals surface area contributed by atoms with Crippen LogP contribution in [0.2, 0.25) is 0 Å². The number of carboxylic acid groups (broad SMARTS) is 2. The van der Waals surface area contributed by atoms with Crippen LogP contribution < -0.4 is 25.4 Å². The van der Waals surface area contributed by atoms with Crippen LogP contribution in [0.15, 0.2) is 34.6 Å². The van der Waals surface area contributed by atoms with Crippen molar-refractivity contribution < 1.29 is 67.6 Å². The summed E-state index contributed by atoms with van der Waals surface area (Å²) in [5.74, 6) is -9.77. The quantitative estimate of drug-likeness (QED) is 0.0239. The second-order valence-corrected chi connectivity index (χ2v) is 14.1. The maximum absolute atomic E-state index is 14.3. The summed E-state index contributed by atoms with van der Waals surface area (Å²) >= 11 is 1.85. The monoisotopic (exact) mass is 832 g/mol. The van der Waals surface area contributed by atoms with Gasteiger partial charge in [-0.1, -0.05) is 17.8 Å². The largest absolute Gasteiger partial charge is 0.480 e. The van der Waals surface area contributed by atoms with Gasteiger partial charge in [0.15, 0.2) is 11.5 Å². The van der Waals surface area contributed by atoms with Gasteiger partial charge >= 0.3 is 41.7 Å². The van der Waals surface area contributed by atoms with Crippen LogP contribution in [0.4, 0.5) is 4.79 Å². The van der Waals surface area contributed by atoms with E-state index in [2.05, 4.69) is 31.5 Å². The van der Waals surface area contributed by atoms with Crippen molar-refractivity contribution in [1.82, 2.24) is 50.9 Å². The predicted octanol–water partition coefficient (Wildman–Crippen LogP) is -2.35. The van der Waals surface area contributed by atoms with Gasteiger partial charge in [0.2, 0.25) is 23.1 Å². The molecule has 7 amide bonds. The molecule has 3 aliphatic heterocycles. The number of thioether (sulfide) groups is 2. The fourth-order valence-corrected chi connectivity index (χ4v) is 8.34. The number of benzene rings is 1. The SMILES string of the molecule is CCN1CCN(C(=O)NC(C(=O)N[C@]2(NC=O)C(=O)N3C(C(=O)O)=C(CSc4nnnn4CC(=O)O)CS[C@H]32)c2ccc(OC(C)=O)c(OC(C)=O)c2)C(=O)C1=O. The number of piperazine rings is 1. The Bertz CT molecular complexity index is 2110. The molecular weight excluding hydrogens is 801 g/mol. The van der Waals surface area contributed by atoms with E-state index in [1.54, 1.807) is 6.92 Å². The molecule has 2 fully saturated rings. The number of hydrogen-bond acceptors (Lipinski definition) is 17. The zero-order chi connectivity index (χ0) is 41.8. The molecule has 302 valence electrons. The summed E-state index contributed by atoms with van der Waals surface area (Å²) in [6, 6.07) is 0.263. The van der Waals surface area contributed by atoms with Gasteiger partial charge in [0.1, 0.15) is 23.7 Å². The Morgan fingerprint density at radius 1 is 1.05 bits per heavy atom. The number of carboxylic acids is 2. The average molecular weight is 833 g/mol. The van der Waals surface area contributed by atoms with Crippen molar-refractivity contribution in [3.63, 3.8) is 0 Å². The molecule has 2 saturated heterocycles. The van der Waals surface area contributed by atoms with Crippen molar-refractivity contribution in [2.24, 2.45) is 0 Å². The first-order valence-electron chi connectivity index (χ1n) is 16.5. The third kappa shape index (κ3) is 8.49. The molecule has 4 heterocycles. The summed E-state index contributed by atoms with van der Waals surface area (Å²) in [6.07, 6.45) is 0.0889. The molecule has 1 aromatic heterocycles. The highest BCUT2D eigenvalue weighted by Gasteiger charge is 2.66. The minimum absolute atomic E-state index is 0.0199. The van der Waals surface area contributed by atoms with Crippen molar-refractivity contribution in [3.05, 3.63) is 35.0 Å². The van der Waals surface area contributed by atoms with E-state index in [9.17, 15) is 53.1 Å². The number of hydrogen-bond donors (Lipinski definition) is 5. The molecule has 3 aliphatic rings. The van der Waals surface area contributed by atoms with Crippen molar-refractivity contribution in [2.45, 2.75) is 49.6 Å². The molecule has 0 saturated carbocycles. The molecule has 5 rings (SSSR count). The van der Waals surface area contributed by atoms with Gasteiger partial charge in [0.05, 0.1) is 0 Å². The fourth-order valence-electron chi connectivity index (χ4n) is 5.90. The number of nitrogens with zero attached hydrogens (tertiary/aromatic N) is 7. The molecular formula is C31H32N10O14S2. The highest BCUT2D eigenvalue weighted by Crippen LogP contribution is 2.46. The maximum atomic E-state index is 14.3. The van der Waals surface area contributed by atoms with Crippen LogP contribution in [0.1, 0.15) is 32.4 Å². The number of aromatic nitrogens is 4. The van der Waals surface area contributed by atoms with Crippen LogP contribution in [0.25, 0.3) is 0 Å². The summed E-state index contributed by atoms with van der Waals surface area (Å²) in [5, 5.41) is 35.8. The minimum Gasteiger partial charge on any atom is -0.480 e. The number of likely N-dealkylation sites (N-methyl/N-ethyl adjacent to an activating group) is 1. The fraction of sp³-hybridized carbons (Fsp3) is 0.387. The molecule has 3 atom stereocenters. The van der Waals surface area contributed by atoms with E-state index in [1.165, 1.54) is 11.0 Å². The summed E-state index contributed by atoms with van der Waals surface area (Å²) in [6.45, 7) is 3.06. The number of rotatable bonds is 15. The van der Waals surface area contributed by atoms with Crippen LogP contribution in [-0.2, 0) is 49.7 Å². The number of imide groups is 1. The Morgan fingerprint density at radius 3 is 2.39 bits per heavy atom. The van der Waals surface area contributed by atoms with Crippen molar-refractivity contribution in [3.8, 4) is 11.5 Å². The molecule has 1 unspecified atom stereocenters. The molecule has 0 radical (unpaired) electrons. The number of aliphatic carboxylic acids is 2. The molecule has 1 aromatic carbocycles. The molecule has 0 aliphatic carbocycles. The van der Waals surface area contributed by atoms with Gasteiger partial charge in [-0.15, -0.1) is 16.9 Å². The first-order valence-corrected chi connectivity index (χ1v) is 18.5. The highest BCUT2D eigenvalue weighted by molar-refractivity contribution is 8.01. The minimum atomic E-state index is -2.31. The van der Waals surface area contributed by atoms with Gasteiger partial charge in [-0.3, -0.25) is 48.2 Å². The lowest BCUT2D eigenvalue weighted by Gasteiger charge is -2.56. The van der Waals surface area contributed by atoms with Gasteiger partial charge in [0.25, 0.3) is 5.91 Å². The number of β-lactam (4-membered cyclic amide) rings is 1. The number of ether oxygens (including phenoxy) is 2. The van der Waals surface area contributed by atoms with Gasteiger partial charge in [-0.2, -0.15) is 0 Å². The van der Waals surface area contributed by atoms with E-state index < -0.39 is 82.9 Å². The summed E-state index contributed by atoms with van der Waals surface area (Å²) in [5.41, 5.74) is -2.78. The van der Waals surface area contributed by atoms with E-state index >= 15 is 0 Å². The third-order valence-corrected chi connectivity index (χ3v) is 10.8. The number of fused-ring (bicyclic) bond motifs is 1. The summed E-state index contributed by atoms with van der Waals surface area (Å²) in [4.78, 5) is 129. The molecule has 26 heteroatoms. The zero-order valence-electron chi connectivity index (χ0n) is 29.9. The third-order valence-electron chi connectivity index (χ3n) is 8.40. The Labute approximate surface area is 328 Å². The lowest BCUT2D eigenvalue weighted by atomic mass is 9.94. The Kier molecular flexibility index (Phi) is 12.4. The van der Waals surface area contributed by atoms with Gasteiger partial charge < -0.3 is 40.5 Å². The van der Waals surface area contributed by atoms with Gasteiger partial charge in [-0.25, -0.2) is 14.3 Å². The number of tetrazole rings is 1. The molecule has 57 heavy (non-hydrogen) atoms. The lowest BCUT2D eigenvalue weighted by molar-refractivity contribution is -0.163. The zero-order valence-corrected chi connectivity index (χ0v) is 31.6. The van der Waals surface area contributed by atoms with E-state index in [1.807, 2.05) is 0 Å². The van der Waals surface area contributed by atoms with E-state index in [4.69, 9.17) is 14.6 Å². The number of carbonyl (C=O) groups excluding carboxylic acids is 8. The predicted molar refractivity (Wildman–Crippen MR) is 188 cm³/mol. The Hall–Kier alpha value is -6.57.